The molecule has 0 unspecified atom stereocenters. The molecule has 2 rings (SSSR count). The zero-order valence-electron chi connectivity index (χ0n) is 8.25. The Morgan fingerprint density at radius 1 is 1.22 bits per heavy atom. The van der Waals surface area contributed by atoms with E-state index in [-0.39, 0.29) is 12.1 Å². The Hall–Kier alpha value is -1.65. The molecule has 0 aliphatic rings. The number of rotatable bonds is 2. The fraction of sp³-hybridized carbons (Fsp3) is 0. The first kappa shape index (κ1) is 12.8. The highest BCUT2D eigenvalue weighted by Gasteiger charge is 2.27. The van der Waals surface area contributed by atoms with Gasteiger partial charge in [0.15, 0.2) is 23.7 Å². The van der Waals surface area contributed by atoms with Crippen molar-refractivity contribution in [2.75, 3.05) is 0 Å². The van der Waals surface area contributed by atoms with E-state index in [2.05, 4.69) is 14.7 Å². The Kier molecular flexibility index (Phi) is 3.24. The summed E-state index contributed by atoms with van der Waals surface area (Å²) in [6, 6.07) is 0. The Morgan fingerprint density at radius 3 is 2.44 bits per heavy atom. The summed E-state index contributed by atoms with van der Waals surface area (Å²) < 4.78 is 44.0. The van der Waals surface area contributed by atoms with Crippen LogP contribution in [0.5, 0.6) is 5.75 Å². The van der Waals surface area contributed by atoms with Gasteiger partial charge in [0.1, 0.15) is 0 Å². The average molecular weight is 370 g/mol. The number of nitrogens with zero attached hydrogens (tertiary/aromatic N) is 2. The summed E-state index contributed by atoms with van der Waals surface area (Å²) in [7, 11) is 0. The molecule has 0 fully saturated rings. The van der Waals surface area contributed by atoms with Crippen molar-refractivity contribution in [1.82, 2.24) is 10.1 Å². The van der Waals surface area contributed by atoms with Crippen molar-refractivity contribution < 1.29 is 27.6 Å². The van der Waals surface area contributed by atoms with Crippen LogP contribution in [0, 0.1) is 21.0 Å². The molecule has 0 aliphatic carbocycles. The van der Waals surface area contributed by atoms with E-state index in [0.717, 1.165) is 0 Å². The molecule has 0 atom stereocenters. The third-order valence-electron chi connectivity index (χ3n) is 2.00. The summed E-state index contributed by atoms with van der Waals surface area (Å²) in [6.45, 7) is 0. The number of aromatic hydroxyl groups is 1. The quantitative estimate of drug-likeness (QED) is 0.380. The molecule has 0 aliphatic heterocycles. The molecule has 0 saturated heterocycles. The summed E-state index contributed by atoms with van der Waals surface area (Å²) in [5, 5.41) is 12.2. The van der Waals surface area contributed by atoms with Crippen molar-refractivity contribution >= 4 is 28.9 Å². The van der Waals surface area contributed by atoms with Crippen molar-refractivity contribution in [3.63, 3.8) is 0 Å². The van der Waals surface area contributed by atoms with Crippen LogP contribution in [0.4, 0.5) is 13.2 Å². The van der Waals surface area contributed by atoms with Crippen LogP contribution in [0.25, 0.3) is 11.5 Å². The van der Waals surface area contributed by atoms with Gasteiger partial charge in [-0.2, -0.15) is 9.37 Å². The van der Waals surface area contributed by atoms with Crippen LogP contribution >= 0.6 is 22.6 Å². The number of phenols is 1. The van der Waals surface area contributed by atoms with Crippen molar-refractivity contribution in [2.45, 2.75) is 0 Å². The van der Waals surface area contributed by atoms with Gasteiger partial charge in [-0.15, -0.1) is 0 Å². The van der Waals surface area contributed by atoms with Gasteiger partial charge in [0.2, 0.25) is 11.6 Å². The van der Waals surface area contributed by atoms with Crippen LogP contribution in [0.15, 0.2) is 4.52 Å². The number of aromatic nitrogens is 2. The van der Waals surface area contributed by atoms with Crippen LogP contribution in [-0.2, 0) is 0 Å². The minimum Gasteiger partial charge on any atom is -0.503 e. The Labute approximate surface area is 111 Å². The lowest BCUT2D eigenvalue weighted by Crippen LogP contribution is -1.99. The molecule has 0 radical (unpaired) electrons. The SMILES string of the molecule is O=Cc1noc(-c2c(F)c(O)c(F)c(F)c2I)n1. The van der Waals surface area contributed by atoms with Gasteiger partial charge in [-0.05, 0) is 22.6 Å². The van der Waals surface area contributed by atoms with Crippen LogP contribution in [0.1, 0.15) is 10.6 Å². The second-order valence-corrected chi connectivity index (χ2v) is 4.13. The summed E-state index contributed by atoms with van der Waals surface area (Å²) in [5.74, 6) is -7.02. The first-order valence-corrected chi connectivity index (χ1v) is 5.39. The molecule has 0 spiro atoms. The van der Waals surface area contributed by atoms with Crippen molar-refractivity contribution in [3.05, 3.63) is 26.8 Å². The summed E-state index contributed by atoms with van der Waals surface area (Å²) >= 11 is 1.32. The molecule has 0 saturated carbocycles. The van der Waals surface area contributed by atoms with Crippen molar-refractivity contribution in [3.8, 4) is 17.2 Å². The van der Waals surface area contributed by atoms with Gasteiger partial charge in [0.05, 0.1) is 9.13 Å². The molecule has 5 nitrogen and oxygen atoms in total. The zero-order chi connectivity index (χ0) is 13.4. The highest BCUT2D eigenvalue weighted by atomic mass is 127. The molecular formula is C9H2F3IN2O3. The molecule has 2 aromatic rings. The van der Waals surface area contributed by atoms with Gasteiger partial charge < -0.3 is 9.63 Å². The predicted octanol–water partition coefficient (Wildman–Crippen LogP) is 2.28. The van der Waals surface area contributed by atoms with Gasteiger partial charge in [0.25, 0.3) is 5.89 Å². The molecule has 1 aromatic heterocycles. The number of carbonyl (C=O) groups excluding carboxylic acids is 1. The minimum absolute atomic E-state index is 0.234. The molecule has 0 bridgehead atoms. The van der Waals surface area contributed by atoms with E-state index in [4.69, 9.17) is 5.11 Å². The summed E-state index contributed by atoms with van der Waals surface area (Å²) in [4.78, 5) is 13.8. The van der Waals surface area contributed by atoms with Gasteiger partial charge in [-0.25, -0.2) is 8.78 Å². The van der Waals surface area contributed by atoms with E-state index in [1.165, 1.54) is 22.6 Å². The van der Waals surface area contributed by atoms with Crippen LogP contribution in [0.3, 0.4) is 0 Å². The predicted molar refractivity (Wildman–Crippen MR) is 59.4 cm³/mol. The summed E-state index contributed by atoms with van der Waals surface area (Å²) in [5.41, 5.74) is -0.604. The van der Waals surface area contributed by atoms with E-state index >= 15 is 0 Å². The van der Waals surface area contributed by atoms with Gasteiger partial charge in [-0.1, -0.05) is 5.16 Å². The van der Waals surface area contributed by atoms with Gasteiger partial charge in [-0.3, -0.25) is 4.79 Å². The Morgan fingerprint density at radius 2 is 1.89 bits per heavy atom. The zero-order valence-corrected chi connectivity index (χ0v) is 10.4. The standard InChI is InChI=1S/C9H2F3IN2O3/c10-4-3(9-14-2(1-16)15-18-9)7(13)5(11)6(12)8(4)17/h1,17H. The second-order valence-electron chi connectivity index (χ2n) is 3.06. The van der Waals surface area contributed by atoms with Crippen LogP contribution in [-0.4, -0.2) is 21.5 Å². The Balaban J connectivity index is 2.75. The fourth-order valence-electron chi connectivity index (χ4n) is 1.19. The maximum Gasteiger partial charge on any atom is 0.262 e. The smallest absolute Gasteiger partial charge is 0.262 e. The lowest BCUT2D eigenvalue weighted by Gasteiger charge is -2.06. The number of aldehydes is 1. The highest BCUT2D eigenvalue weighted by molar-refractivity contribution is 14.1. The third kappa shape index (κ3) is 1.83. The maximum absolute atomic E-state index is 13.6. The maximum atomic E-state index is 13.6. The van der Waals surface area contributed by atoms with Gasteiger partial charge in [0, 0.05) is 0 Å². The molecular weight excluding hydrogens is 368 g/mol. The lowest BCUT2D eigenvalue weighted by atomic mass is 10.2. The molecule has 94 valence electrons. The highest BCUT2D eigenvalue weighted by Crippen LogP contribution is 2.36. The van der Waals surface area contributed by atoms with Crippen molar-refractivity contribution in [2.24, 2.45) is 0 Å². The molecule has 18 heavy (non-hydrogen) atoms. The van der Waals surface area contributed by atoms with E-state index in [1.54, 1.807) is 0 Å². The van der Waals surface area contributed by atoms with Crippen LogP contribution < -0.4 is 0 Å². The number of phenolic OH excluding ortho intramolecular Hbond substituents is 1. The summed E-state index contributed by atoms with van der Waals surface area (Å²) in [6.07, 6.45) is 0.234. The number of benzene rings is 1. The molecule has 1 heterocycles. The molecule has 0 amide bonds. The topological polar surface area (TPSA) is 76.2 Å². The number of hydrogen-bond donors (Lipinski definition) is 1. The van der Waals surface area contributed by atoms with Crippen molar-refractivity contribution in [1.29, 1.82) is 0 Å². The van der Waals surface area contributed by atoms with E-state index < -0.39 is 38.2 Å². The largest absolute Gasteiger partial charge is 0.503 e. The molecule has 1 aromatic carbocycles. The normalized spacial score (nSPS) is 10.7. The number of halogens is 4. The number of hydrogen-bond acceptors (Lipinski definition) is 5. The second kappa shape index (κ2) is 4.55. The van der Waals surface area contributed by atoms with Crippen LogP contribution in [0.2, 0.25) is 0 Å². The monoisotopic (exact) mass is 370 g/mol. The lowest BCUT2D eigenvalue weighted by molar-refractivity contribution is 0.111. The van der Waals surface area contributed by atoms with Gasteiger partial charge >= 0.3 is 0 Å². The molecule has 9 heteroatoms. The third-order valence-corrected chi connectivity index (χ3v) is 3.01. The fourth-order valence-corrected chi connectivity index (χ4v) is 1.90. The average Bonchev–Trinajstić information content (AvgIpc) is 2.83. The first-order chi connectivity index (χ1) is 8.47. The first-order valence-electron chi connectivity index (χ1n) is 4.31. The van der Waals surface area contributed by atoms with E-state index in [9.17, 15) is 18.0 Å². The minimum atomic E-state index is -1.71. The number of carbonyl (C=O) groups is 1. The van der Waals surface area contributed by atoms with E-state index in [0.29, 0.717) is 0 Å². The Bertz CT molecular complexity index is 615. The van der Waals surface area contributed by atoms with E-state index in [1.807, 2.05) is 0 Å². The molecule has 1 N–H and O–H groups in total.